The fraction of sp³-hybridized carbons (Fsp3) is 0.143. The number of ketones is 1. The van der Waals surface area contributed by atoms with Crippen molar-refractivity contribution in [2.24, 2.45) is 9.98 Å². The summed E-state index contributed by atoms with van der Waals surface area (Å²) in [6.07, 6.45) is 9.47. The molecule has 5 nitrogen and oxygen atoms in total. The molecule has 0 bridgehead atoms. The van der Waals surface area contributed by atoms with Crippen LogP contribution in [-0.4, -0.2) is 29.9 Å². The molecule has 0 N–H and O–H groups in total. The first-order valence-corrected chi connectivity index (χ1v) is 8.70. The van der Waals surface area contributed by atoms with E-state index >= 15 is 0 Å². The molecule has 6 rings (SSSR count). The second kappa shape index (κ2) is 4.65. The molecular weight excluding hydrogens is 345 g/mol. The molecule has 6 heteroatoms. The molecule has 0 radical (unpaired) electrons. The lowest BCUT2D eigenvalue weighted by molar-refractivity contribution is -0.116. The molecule has 1 amide bonds. The highest BCUT2D eigenvalue weighted by Gasteiger charge is 2.34. The van der Waals surface area contributed by atoms with Crippen LogP contribution in [0.4, 0.5) is 4.39 Å². The summed E-state index contributed by atoms with van der Waals surface area (Å²) in [5, 5.41) is 3.26. The third-order valence-corrected chi connectivity index (χ3v) is 5.66. The van der Waals surface area contributed by atoms with Gasteiger partial charge in [-0.2, -0.15) is 0 Å². The maximum Gasteiger partial charge on any atom is 0.258 e. The van der Waals surface area contributed by atoms with Crippen LogP contribution in [-0.2, 0) is 4.79 Å². The van der Waals surface area contributed by atoms with Gasteiger partial charge in [0.05, 0.1) is 22.3 Å². The number of halogens is 1. The lowest BCUT2D eigenvalue weighted by Gasteiger charge is -2.14. The van der Waals surface area contributed by atoms with Crippen molar-refractivity contribution < 1.29 is 14.0 Å². The monoisotopic (exact) mass is 357 g/mol. The summed E-state index contributed by atoms with van der Waals surface area (Å²) < 4.78 is 13.9. The van der Waals surface area contributed by atoms with E-state index in [4.69, 9.17) is 0 Å². The van der Waals surface area contributed by atoms with Gasteiger partial charge in [0.25, 0.3) is 5.91 Å². The zero-order chi connectivity index (χ0) is 18.4. The Morgan fingerprint density at radius 2 is 2.04 bits per heavy atom. The first kappa shape index (κ1) is 14.7. The predicted octanol–water partition coefficient (Wildman–Crippen LogP) is -0.0161. The number of benzene rings is 1. The van der Waals surface area contributed by atoms with E-state index in [0.29, 0.717) is 27.8 Å². The number of amides is 1. The topological polar surface area (TPSA) is 62.1 Å². The number of rotatable bonds is 0. The van der Waals surface area contributed by atoms with E-state index in [-0.39, 0.29) is 12.3 Å². The van der Waals surface area contributed by atoms with Crippen molar-refractivity contribution in [2.45, 2.75) is 12.8 Å². The quantitative estimate of drug-likeness (QED) is 0.655. The number of Topliss-reactive ketones (excluding diaryl/α,β-unsaturated/α-hetero) is 1. The minimum atomic E-state index is -0.783. The predicted molar refractivity (Wildman–Crippen MR) is 97.8 cm³/mol. The second-order valence-electron chi connectivity index (χ2n) is 7.14. The third-order valence-electron chi connectivity index (χ3n) is 5.66. The standard InChI is InChI=1S/C21H12FN3O2/c1-25-8-12-16-10(3-2-9-4-5-23-19(9)16)20-17(18(12)21(25)27)11-6-15(26)13(22)7-14(11)24-20/h3-5,7-8H,2,6H2,1H3. The zero-order valence-corrected chi connectivity index (χ0v) is 14.3. The second-order valence-corrected chi connectivity index (χ2v) is 7.14. The lowest BCUT2D eigenvalue weighted by atomic mass is 9.88. The van der Waals surface area contributed by atoms with E-state index in [2.05, 4.69) is 16.1 Å². The van der Waals surface area contributed by atoms with Crippen LogP contribution in [0.2, 0.25) is 0 Å². The van der Waals surface area contributed by atoms with Crippen LogP contribution in [0, 0.1) is 0 Å². The van der Waals surface area contributed by atoms with Gasteiger partial charge in [0.15, 0.2) is 11.6 Å². The minimum absolute atomic E-state index is 0.0732. The van der Waals surface area contributed by atoms with Crippen molar-refractivity contribution in [1.82, 2.24) is 4.90 Å². The van der Waals surface area contributed by atoms with E-state index in [9.17, 15) is 14.0 Å². The molecule has 130 valence electrons. The van der Waals surface area contributed by atoms with Gasteiger partial charge in [-0.3, -0.25) is 14.6 Å². The van der Waals surface area contributed by atoms with Crippen molar-refractivity contribution >= 4 is 41.5 Å². The van der Waals surface area contributed by atoms with Gasteiger partial charge in [0.1, 0.15) is 0 Å². The number of hydrogen-bond acceptors (Lipinski definition) is 4. The van der Waals surface area contributed by atoms with E-state index in [0.717, 1.165) is 33.3 Å². The third kappa shape index (κ3) is 1.68. The summed E-state index contributed by atoms with van der Waals surface area (Å²) in [6, 6.07) is 0. The van der Waals surface area contributed by atoms with E-state index in [1.54, 1.807) is 18.2 Å². The van der Waals surface area contributed by atoms with Gasteiger partial charge < -0.3 is 4.90 Å². The van der Waals surface area contributed by atoms with Crippen molar-refractivity contribution in [2.75, 3.05) is 7.05 Å². The average Bonchev–Trinajstić information content (AvgIpc) is 3.32. The number of carbonyl (C=O) groups is 2. The van der Waals surface area contributed by atoms with Crippen LogP contribution in [0.1, 0.15) is 28.8 Å². The van der Waals surface area contributed by atoms with Crippen LogP contribution in [0.3, 0.4) is 0 Å². The van der Waals surface area contributed by atoms with Crippen LogP contribution in [0.5, 0.6) is 0 Å². The highest BCUT2D eigenvalue weighted by atomic mass is 19.1. The van der Waals surface area contributed by atoms with Gasteiger partial charge in [-0.15, -0.1) is 0 Å². The van der Waals surface area contributed by atoms with Gasteiger partial charge in [-0.25, -0.2) is 9.38 Å². The number of allylic oxidation sites excluding steroid dienone is 4. The maximum atomic E-state index is 13.9. The Hall–Kier alpha value is -3.41. The Balaban J connectivity index is 1.86. The number of aliphatic imine (C=N–C) groups is 1. The summed E-state index contributed by atoms with van der Waals surface area (Å²) >= 11 is 0. The van der Waals surface area contributed by atoms with Gasteiger partial charge in [0.2, 0.25) is 0 Å². The first-order chi connectivity index (χ1) is 13.0. The Kier molecular flexibility index (Phi) is 2.54. The average molecular weight is 357 g/mol. The molecule has 27 heavy (non-hydrogen) atoms. The minimum Gasteiger partial charge on any atom is -0.317 e. The molecule has 0 saturated carbocycles. The van der Waals surface area contributed by atoms with Crippen molar-refractivity contribution in [3.05, 3.63) is 61.4 Å². The Morgan fingerprint density at radius 3 is 2.89 bits per heavy atom. The van der Waals surface area contributed by atoms with Gasteiger partial charge in [0, 0.05) is 53.2 Å². The molecule has 0 spiro atoms. The number of nitrogens with zero attached hydrogens (tertiary/aromatic N) is 3. The van der Waals surface area contributed by atoms with Crippen molar-refractivity contribution in [3.8, 4) is 0 Å². The molecule has 5 aliphatic rings. The summed E-state index contributed by atoms with van der Waals surface area (Å²) in [5.74, 6) is -1.50. The molecule has 0 unspecified atom stereocenters. The highest BCUT2D eigenvalue weighted by molar-refractivity contribution is 6.10. The molecule has 0 saturated heterocycles. The van der Waals surface area contributed by atoms with Crippen LogP contribution in [0.15, 0.2) is 39.2 Å². The number of carbonyl (C=O) groups excluding carboxylic acids is 2. The Morgan fingerprint density at radius 1 is 1.19 bits per heavy atom. The summed E-state index contributed by atoms with van der Waals surface area (Å²) in [6.45, 7) is 0. The van der Waals surface area contributed by atoms with Crippen molar-refractivity contribution in [1.29, 1.82) is 0 Å². The Labute approximate surface area is 152 Å². The molecule has 1 aromatic carbocycles. The molecule has 2 aliphatic carbocycles. The molecule has 0 aromatic heterocycles. The van der Waals surface area contributed by atoms with Gasteiger partial charge >= 0.3 is 0 Å². The zero-order valence-electron chi connectivity index (χ0n) is 14.3. The largest absolute Gasteiger partial charge is 0.317 e. The number of hydrogen-bond donors (Lipinski definition) is 0. The Bertz CT molecular complexity index is 1420. The fourth-order valence-corrected chi connectivity index (χ4v) is 4.45. The van der Waals surface area contributed by atoms with Gasteiger partial charge in [-0.1, -0.05) is 6.08 Å². The smallest absolute Gasteiger partial charge is 0.258 e. The molecule has 3 aliphatic heterocycles. The normalized spacial score (nSPS) is 21.0. The highest BCUT2D eigenvalue weighted by Crippen LogP contribution is 2.34. The first-order valence-electron chi connectivity index (χ1n) is 8.70. The van der Waals surface area contributed by atoms with Crippen LogP contribution < -0.4 is 21.0 Å². The van der Waals surface area contributed by atoms with Crippen LogP contribution in [0.25, 0.3) is 23.5 Å². The lowest BCUT2D eigenvalue weighted by Crippen LogP contribution is -2.53. The molecule has 0 atom stereocenters. The molecular formula is C21H12FN3O2. The number of fused-ring (bicyclic) bond motifs is 8. The van der Waals surface area contributed by atoms with Crippen LogP contribution >= 0.6 is 0 Å². The van der Waals surface area contributed by atoms with E-state index < -0.39 is 11.6 Å². The fourth-order valence-electron chi connectivity index (χ4n) is 4.45. The summed E-state index contributed by atoms with van der Waals surface area (Å²) in [5.41, 5.74) is 4.26. The van der Waals surface area contributed by atoms with E-state index in [1.807, 2.05) is 12.3 Å². The van der Waals surface area contributed by atoms with E-state index in [1.165, 1.54) is 6.08 Å². The molecule has 0 fully saturated rings. The molecule has 3 heterocycles. The summed E-state index contributed by atoms with van der Waals surface area (Å²) in [4.78, 5) is 35.6. The maximum absolute atomic E-state index is 13.9. The SMILES string of the molecule is CN1C=c2c(c3c(c4c2=C2N=CC=C2CC=4)=NC2=C3CC(=O)C(F)=C2)C1=O. The van der Waals surface area contributed by atoms with Crippen molar-refractivity contribution in [3.63, 3.8) is 0 Å². The molecule has 1 aromatic rings. The summed E-state index contributed by atoms with van der Waals surface area (Å²) in [7, 11) is 1.71. The van der Waals surface area contributed by atoms with Gasteiger partial charge in [-0.05, 0) is 23.6 Å².